The van der Waals surface area contributed by atoms with Gasteiger partial charge in [0.15, 0.2) is 5.69 Å². The van der Waals surface area contributed by atoms with Crippen LogP contribution in [0.15, 0.2) is 54.7 Å². The second-order valence-corrected chi connectivity index (χ2v) is 8.42. The normalized spacial score (nSPS) is 13.9. The maximum Gasteiger partial charge on any atom is 0.276 e. The number of benzene rings is 2. The number of non-ortho nitro benzene ring substituents is 1. The number of para-hydroxylation sites is 1. The number of nitro benzene ring substituents is 1. The summed E-state index contributed by atoms with van der Waals surface area (Å²) in [7, 11) is 0. The number of carbonyl (C=O) groups is 2. The fourth-order valence-corrected chi connectivity index (χ4v) is 4.37. The number of aromatic nitrogens is 4. The van der Waals surface area contributed by atoms with Crippen LogP contribution in [0.2, 0.25) is 0 Å². The molecule has 178 valence electrons. The Morgan fingerprint density at radius 1 is 1.06 bits per heavy atom. The van der Waals surface area contributed by atoms with E-state index in [9.17, 15) is 19.7 Å². The summed E-state index contributed by atoms with van der Waals surface area (Å²) in [6.07, 6.45) is 2.17. The lowest BCUT2D eigenvalue weighted by atomic mass is 10.1. The van der Waals surface area contributed by atoms with E-state index in [-0.39, 0.29) is 23.2 Å². The summed E-state index contributed by atoms with van der Waals surface area (Å²) >= 11 is 0. The number of carbonyl (C=O) groups excluding carboxylic acids is 2. The van der Waals surface area contributed by atoms with Crippen LogP contribution in [-0.2, 0) is 11.2 Å². The number of aromatic amines is 1. The summed E-state index contributed by atoms with van der Waals surface area (Å²) in [5.74, 6) is -0.252. The number of nitro groups is 1. The highest BCUT2D eigenvalue weighted by Gasteiger charge is 2.28. The first-order chi connectivity index (χ1) is 16.9. The van der Waals surface area contributed by atoms with Crippen molar-refractivity contribution >= 4 is 28.4 Å². The van der Waals surface area contributed by atoms with Gasteiger partial charge < -0.3 is 14.8 Å². The average Bonchev–Trinajstić information content (AvgIpc) is 3.47. The third-order valence-corrected chi connectivity index (χ3v) is 6.32. The summed E-state index contributed by atoms with van der Waals surface area (Å²) in [5.41, 5.74) is 3.02. The standard InChI is InChI=1S/C24H23N7O4/c1-16-23(26-27-30(16)18-5-4-6-19(14-18)31(34)35)24(33)29-11-9-28(10-12-29)22(32)13-17-15-25-21-8-3-2-7-20(17)21/h2-8,14-15,25H,9-13H2,1H3. The SMILES string of the molecule is Cc1c(C(=O)N2CCN(C(=O)Cc3c[nH]c4ccccc34)CC2)nnn1-c1cccc([N+](=O)[O-])c1. The van der Waals surface area contributed by atoms with E-state index in [4.69, 9.17) is 0 Å². The van der Waals surface area contributed by atoms with Crippen LogP contribution in [0.1, 0.15) is 21.7 Å². The van der Waals surface area contributed by atoms with Gasteiger partial charge in [-0.2, -0.15) is 0 Å². The van der Waals surface area contributed by atoms with Gasteiger partial charge in [-0.3, -0.25) is 19.7 Å². The van der Waals surface area contributed by atoms with Crippen molar-refractivity contribution in [2.75, 3.05) is 26.2 Å². The predicted octanol–water partition coefficient (Wildman–Crippen LogP) is 2.49. The largest absolute Gasteiger partial charge is 0.361 e. The van der Waals surface area contributed by atoms with Crippen LogP contribution in [0.25, 0.3) is 16.6 Å². The number of hydrogen-bond acceptors (Lipinski definition) is 6. The molecule has 4 aromatic rings. The molecule has 1 aliphatic rings. The van der Waals surface area contributed by atoms with Gasteiger partial charge in [0.2, 0.25) is 5.91 Å². The predicted molar refractivity (Wildman–Crippen MR) is 127 cm³/mol. The van der Waals surface area contributed by atoms with Gasteiger partial charge in [0.25, 0.3) is 11.6 Å². The zero-order chi connectivity index (χ0) is 24.5. The summed E-state index contributed by atoms with van der Waals surface area (Å²) in [4.78, 5) is 43.2. The summed E-state index contributed by atoms with van der Waals surface area (Å²) < 4.78 is 1.42. The fraction of sp³-hybridized carbons (Fsp3) is 0.250. The molecular formula is C24H23N7O4. The molecule has 3 heterocycles. The Balaban J connectivity index is 1.24. The Morgan fingerprint density at radius 3 is 2.57 bits per heavy atom. The van der Waals surface area contributed by atoms with Gasteiger partial charge in [0.1, 0.15) is 0 Å². The van der Waals surface area contributed by atoms with Crippen molar-refractivity contribution in [1.82, 2.24) is 29.8 Å². The van der Waals surface area contributed by atoms with E-state index in [1.807, 2.05) is 30.5 Å². The highest BCUT2D eigenvalue weighted by Crippen LogP contribution is 2.21. The smallest absolute Gasteiger partial charge is 0.276 e. The minimum absolute atomic E-state index is 0.0228. The second kappa shape index (κ2) is 9.01. The third-order valence-electron chi connectivity index (χ3n) is 6.32. The Kier molecular flexibility index (Phi) is 5.73. The molecule has 1 aliphatic heterocycles. The first-order valence-electron chi connectivity index (χ1n) is 11.2. The number of piperazine rings is 1. The summed E-state index contributed by atoms with van der Waals surface area (Å²) in [6, 6.07) is 13.9. The molecule has 1 fully saturated rings. The van der Waals surface area contributed by atoms with E-state index >= 15 is 0 Å². The van der Waals surface area contributed by atoms with Crippen LogP contribution in [-0.4, -0.2) is 72.7 Å². The maximum absolute atomic E-state index is 13.1. The van der Waals surface area contributed by atoms with Crippen LogP contribution >= 0.6 is 0 Å². The van der Waals surface area contributed by atoms with Crippen molar-refractivity contribution in [1.29, 1.82) is 0 Å². The van der Waals surface area contributed by atoms with Gasteiger partial charge in [-0.05, 0) is 24.6 Å². The number of H-pyrrole nitrogens is 1. The second-order valence-electron chi connectivity index (χ2n) is 8.42. The molecule has 0 spiro atoms. The van der Waals surface area contributed by atoms with E-state index < -0.39 is 4.92 Å². The molecule has 0 bridgehead atoms. The molecule has 2 aromatic carbocycles. The third kappa shape index (κ3) is 4.23. The molecule has 1 N–H and O–H groups in total. The lowest BCUT2D eigenvalue weighted by Crippen LogP contribution is -2.51. The van der Waals surface area contributed by atoms with Gasteiger partial charge in [-0.15, -0.1) is 5.10 Å². The number of hydrogen-bond donors (Lipinski definition) is 1. The minimum atomic E-state index is -0.485. The summed E-state index contributed by atoms with van der Waals surface area (Å²) in [6.45, 7) is 3.35. The van der Waals surface area contributed by atoms with Crippen LogP contribution in [0.3, 0.4) is 0 Å². The lowest BCUT2D eigenvalue weighted by molar-refractivity contribution is -0.384. The molecule has 5 rings (SSSR count). The van der Waals surface area contributed by atoms with E-state index in [1.165, 1.54) is 16.8 Å². The van der Waals surface area contributed by atoms with Crippen LogP contribution in [0.5, 0.6) is 0 Å². The molecule has 0 radical (unpaired) electrons. The molecule has 2 amide bonds. The van der Waals surface area contributed by atoms with Crippen LogP contribution < -0.4 is 0 Å². The van der Waals surface area contributed by atoms with Crippen molar-refractivity contribution < 1.29 is 14.5 Å². The zero-order valence-electron chi connectivity index (χ0n) is 19.0. The van der Waals surface area contributed by atoms with Crippen molar-refractivity contribution in [3.05, 3.63) is 81.8 Å². The molecule has 2 aromatic heterocycles. The molecule has 0 aliphatic carbocycles. The molecule has 11 nitrogen and oxygen atoms in total. The molecule has 1 saturated heterocycles. The van der Waals surface area contributed by atoms with Crippen molar-refractivity contribution in [2.45, 2.75) is 13.3 Å². The lowest BCUT2D eigenvalue weighted by Gasteiger charge is -2.34. The highest BCUT2D eigenvalue weighted by atomic mass is 16.6. The molecule has 0 atom stereocenters. The number of rotatable bonds is 5. The van der Waals surface area contributed by atoms with Gasteiger partial charge in [-0.1, -0.05) is 29.5 Å². The Morgan fingerprint density at radius 2 is 1.80 bits per heavy atom. The van der Waals surface area contributed by atoms with Crippen molar-refractivity contribution in [2.24, 2.45) is 0 Å². The topological polar surface area (TPSA) is 130 Å². The average molecular weight is 473 g/mol. The van der Waals surface area contributed by atoms with Crippen LogP contribution in [0.4, 0.5) is 5.69 Å². The molecule has 0 unspecified atom stereocenters. The Bertz CT molecular complexity index is 1430. The van der Waals surface area contributed by atoms with Gasteiger partial charge in [-0.25, -0.2) is 4.68 Å². The van der Waals surface area contributed by atoms with Crippen LogP contribution in [0, 0.1) is 17.0 Å². The van der Waals surface area contributed by atoms with E-state index in [0.717, 1.165) is 16.5 Å². The van der Waals surface area contributed by atoms with Gasteiger partial charge in [0.05, 0.1) is 22.7 Å². The minimum Gasteiger partial charge on any atom is -0.361 e. The number of nitrogens with one attached hydrogen (secondary N) is 1. The Hall–Kier alpha value is -4.54. The number of nitrogens with zero attached hydrogens (tertiary/aromatic N) is 6. The first kappa shape index (κ1) is 22.3. The molecular weight excluding hydrogens is 450 g/mol. The molecule has 11 heteroatoms. The molecule has 35 heavy (non-hydrogen) atoms. The number of fused-ring (bicyclic) bond motifs is 1. The quantitative estimate of drug-likeness (QED) is 0.350. The summed E-state index contributed by atoms with van der Waals surface area (Å²) in [5, 5.41) is 20.2. The molecule has 0 saturated carbocycles. The van der Waals surface area contributed by atoms with E-state index in [1.54, 1.807) is 28.9 Å². The fourth-order valence-electron chi connectivity index (χ4n) is 4.37. The number of amides is 2. The Labute approximate surface area is 200 Å². The van der Waals surface area contributed by atoms with E-state index in [2.05, 4.69) is 15.3 Å². The monoisotopic (exact) mass is 473 g/mol. The zero-order valence-corrected chi connectivity index (χ0v) is 19.0. The highest BCUT2D eigenvalue weighted by molar-refractivity contribution is 5.94. The van der Waals surface area contributed by atoms with Gasteiger partial charge >= 0.3 is 0 Å². The van der Waals surface area contributed by atoms with E-state index in [0.29, 0.717) is 44.0 Å². The van der Waals surface area contributed by atoms with Crippen molar-refractivity contribution in [3.63, 3.8) is 0 Å². The first-order valence-corrected chi connectivity index (χ1v) is 11.2. The maximum atomic E-state index is 13.1. The van der Waals surface area contributed by atoms with Gasteiger partial charge in [0, 0.05) is 55.4 Å². The van der Waals surface area contributed by atoms with Crippen molar-refractivity contribution in [3.8, 4) is 5.69 Å².